The Balaban J connectivity index is 2.39. The van der Waals surface area contributed by atoms with E-state index in [9.17, 15) is 13.2 Å². The van der Waals surface area contributed by atoms with E-state index in [1.807, 2.05) is 0 Å². The monoisotopic (exact) mass is 310 g/mol. The van der Waals surface area contributed by atoms with Gasteiger partial charge in [-0.25, -0.2) is 18.1 Å². The molecule has 0 aliphatic rings. The summed E-state index contributed by atoms with van der Waals surface area (Å²) in [6.45, 7) is 2.82. The molecule has 2 rings (SSSR count). The third-order valence-electron chi connectivity index (χ3n) is 2.82. The Labute approximate surface area is 121 Å². The van der Waals surface area contributed by atoms with Crippen LogP contribution in [0.15, 0.2) is 35.5 Å². The van der Waals surface area contributed by atoms with E-state index in [4.69, 9.17) is 5.11 Å². The molecular formula is C12H14N4O4S. The predicted molar refractivity (Wildman–Crippen MR) is 73.5 cm³/mol. The van der Waals surface area contributed by atoms with Crippen LogP contribution in [0, 0.1) is 6.92 Å². The standard InChI is InChI=1S/C12H14N4O4S/c1-8(12(17)18)15-21(19,20)10-7-14-16(9(10)2)11-5-3-4-6-13-11/h3-8,15H,1-2H3,(H,17,18). The number of hydrogen-bond acceptors (Lipinski definition) is 5. The minimum atomic E-state index is -3.96. The van der Waals surface area contributed by atoms with Crippen LogP contribution in [0.4, 0.5) is 0 Å². The molecule has 0 amide bonds. The molecule has 0 bridgehead atoms. The molecule has 9 heteroatoms. The number of carboxylic acids is 1. The van der Waals surface area contributed by atoms with E-state index >= 15 is 0 Å². The van der Waals surface area contributed by atoms with Crippen LogP contribution >= 0.6 is 0 Å². The maximum Gasteiger partial charge on any atom is 0.321 e. The number of pyridine rings is 1. The van der Waals surface area contributed by atoms with Crippen molar-refractivity contribution in [1.82, 2.24) is 19.5 Å². The maximum absolute atomic E-state index is 12.2. The van der Waals surface area contributed by atoms with Crippen molar-refractivity contribution in [3.8, 4) is 5.82 Å². The summed E-state index contributed by atoms with van der Waals surface area (Å²) >= 11 is 0. The minimum absolute atomic E-state index is 0.0822. The first-order valence-corrected chi connectivity index (χ1v) is 7.52. The van der Waals surface area contributed by atoms with Crippen LogP contribution < -0.4 is 4.72 Å². The SMILES string of the molecule is Cc1c(S(=O)(=O)NC(C)C(=O)O)cnn1-c1ccccn1. The number of carbonyl (C=O) groups is 1. The van der Waals surface area contributed by atoms with E-state index in [2.05, 4.69) is 14.8 Å². The first-order valence-electron chi connectivity index (χ1n) is 6.04. The minimum Gasteiger partial charge on any atom is -0.480 e. The lowest BCUT2D eigenvalue weighted by Crippen LogP contribution is -2.38. The molecule has 0 saturated heterocycles. The van der Waals surface area contributed by atoms with Crippen LogP contribution in [0.5, 0.6) is 0 Å². The summed E-state index contributed by atoms with van der Waals surface area (Å²) in [5.74, 6) is -0.781. The van der Waals surface area contributed by atoms with E-state index in [1.54, 1.807) is 31.3 Å². The van der Waals surface area contributed by atoms with Crippen molar-refractivity contribution in [2.75, 3.05) is 0 Å². The number of hydrogen-bond donors (Lipinski definition) is 2. The van der Waals surface area contributed by atoms with Gasteiger partial charge >= 0.3 is 5.97 Å². The number of aromatic nitrogens is 3. The molecule has 112 valence electrons. The molecule has 1 atom stereocenters. The molecule has 8 nitrogen and oxygen atoms in total. The second-order valence-corrected chi connectivity index (χ2v) is 6.06. The molecule has 0 saturated carbocycles. The molecule has 0 aliphatic heterocycles. The number of rotatable bonds is 5. The average molecular weight is 310 g/mol. The predicted octanol–water partition coefficient (Wildman–Crippen LogP) is 0.327. The van der Waals surface area contributed by atoms with Crippen molar-refractivity contribution < 1.29 is 18.3 Å². The van der Waals surface area contributed by atoms with Crippen molar-refractivity contribution in [1.29, 1.82) is 0 Å². The van der Waals surface area contributed by atoms with Gasteiger partial charge in [-0.1, -0.05) is 6.07 Å². The van der Waals surface area contributed by atoms with E-state index in [-0.39, 0.29) is 4.90 Å². The fourth-order valence-electron chi connectivity index (χ4n) is 1.72. The molecule has 2 aromatic rings. The molecule has 1 unspecified atom stereocenters. The van der Waals surface area contributed by atoms with Crippen molar-refractivity contribution in [2.45, 2.75) is 24.8 Å². The molecule has 2 N–H and O–H groups in total. The largest absolute Gasteiger partial charge is 0.480 e. The molecule has 0 fully saturated rings. The lowest BCUT2D eigenvalue weighted by molar-refractivity contribution is -0.138. The Bertz CT molecular complexity index is 755. The maximum atomic E-state index is 12.2. The summed E-state index contributed by atoms with van der Waals surface area (Å²) in [5.41, 5.74) is 0.346. The molecule has 0 radical (unpaired) electrons. The first kappa shape index (κ1) is 15.1. The molecule has 21 heavy (non-hydrogen) atoms. The number of nitrogens with one attached hydrogen (secondary N) is 1. The number of aliphatic carboxylic acids is 1. The fourth-order valence-corrected chi connectivity index (χ4v) is 3.07. The van der Waals surface area contributed by atoms with Gasteiger partial charge in [-0.15, -0.1) is 0 Å². The number of sulfonamides is 1. The van der Waals surface area contributed by atoms with Crippen LogP contribution in [0.1, 0.15) is 12.6 Å². The average Bonchev–Trinajstić information content (AvgIpc) is 2.81. The van der Waals surface area contributed by atoms with Crippen LogP contribution in [-0.4, -0.2) is 40.3 Å². The van der Waals surface area contributed by atoms with Gasteiger partial charge in [0.15, 0.2) is 5.82 Å². The first-order chi connectivity index (χ1) is 9.83. The normalized spacial score (nSPS) is 13.0. The second-order valence-electron chi connectivity index (χ2n) is 4.38. The molecule has 0 aromatic carbocycles. The third-order valence-corrected chi connectivity index (χ3v) is 4.47. The highest BCUT2D eigenvalue weighted by atomic mass is 32.2. The quantitative estimate of drug-likeness (QED) is 0.822. The zero-order valence-electron chi connectivity index (χ0n) is 11.4. The molecular weight excluding hydrogens is 296 g/mol. The van der Waals surface area contributed by atoms with Crippen LogP contribution in [-0.2, 0) is 14.8 Å². The zero-order valence-corrected chi connectivity index (χ0v) is 12.2. The van der Waals surface area contributed by atoms with E-state index in [1.165, 1.54) is 17.8 Å². The molecule has 2 heterocycles. The van der Waals surface area contributed by atoms with Crippen molar-refractivity contribution >= 4 is 16.0 Å². The Kier molecular flexibility index (Phi) is 4.05. The summed E-state index contributed by atoms with van der Waals surface area (Å²) in [5, 5.41) is 12.8. The van der Waals surface area contributed by atoms with Crippen molar-refractivity contribution in [3.05, 3.63) is 36.3 Å². The highest BCUT2D eigenvalue weighted by Crippen LogP contribution is 2.17. The Morgan fingerprint density at radius 3 is 2.71 bits per heavy atom. The second kappa shape index (κ2) is 5.62. The van der Waals surface area contributed by atoms with Crippen LogP contribution in [0.2, 0.25) is 0 Å². The summed E-state index contributed by atoms with van der Waals surface area (Å²) in [6, 6.07) is 3.94. The van der Waals surface area contributed by atoms with Crippen molar-refractivity contribution in [3.63, 3.8) is 0 Å². The zero-order chi connectivity index (χ0) is 15.6. The van der Waals surface area contributed by atoms with Gasteiger partial charge in [0, 0.05) is 6.20 Å². The highest BCUT2D eigenvalue weighted by molar-refractivity contribution is 7.89. The van der Waals surface area contributed by atoms with Gasteiger partial charge in [-0.3, -0.25) is 4.79 Å². The number of carboxylic acid groups (broad SMARTS) is 1. The van der Waals surface area contributed by atoms with Gasteiger partial charge in [-0.2, -0.15) is 9.82 Å². The number of nitrogens with zero attached hydrogens (tertiary/aromatic N) is 3. The van der Waals surface area contributed by atoms with Crippen molar-refractivity contribution in [2.24, 2.45) is 0 Å². The highest BCUT2D eigenvalue weighted by Gasteiger charge is 2.25. The van der Waals surface area contributed by atoms with Gasteiger partial charge in [0.25, 0.3) is 0 Å². The van der Waals surface area contributed by atoms with Gasteiger partial charge in [0.2, 0.25) is 10.0 Å². The summed E-state index contributed by atoms with van der Waals surface area (Å²) in [7, 11) is -3.96. The Morgan fingerprint density at radius 1 is 1.43 bits per heavy atom. The van der Waals surface area contributed by atoms with E-state index in [0.29, 0.717) is 11.5 Å². The molecule has 2 aromatic heterocycles. The van der Waals surface area contributed by atoms with Gasteiger partial charge in [0.05, 0.1) is 11.9 Å². The summed E-state index contributed by atoms with van der Waals surface area (Å²) in [6.07, 6.45) is 2.73. The van der Waals surface area contributed by atoms with E-state index in [0.717, 1.165) is 0 Å². The third kappa shape index (κ3) is 3.09. The van der Waals surface area contributed by atoms with Crippen LogP contribution in [0.25, 0.3) is 5.82 Å². The van der Waals surface area contributed by atoms with Gasteiger partial charge in [-0.05, 0) is 26.0 Å². The van der Waals surface area contributed by atoms with E-state index < -0.39 is 22.0 Å². The summed E-state index contributed by atoms with van der Waals surface area (Å²) in [4.78, 5) is 14.8. The molecule has 0 spiro atoms. The topological polar surface area (TPSA) is 114 Å². The summed E-state index contributed by atoms with van der Waals surface area (Å²) < 4.78 is 27.8. The lowest BCUT2D eigenvalue weighted by Gasteiger charge is -2.10. The van der Waals surface area contributed by atoms with Crippen LogP contribution in [0.3, 0.4) is 0 Å². The van der Waals surface area contributed by atoms with Gasteiger partial charge < -0.3 is 5.11 Å². The Hall–Kier alpha value is -2.26. The Morgan fingerprint density at radius 2 is 2.14 bits per heavy atom. The fraction of sp³-hybridized carbons (Fsp3) is 0.250. The molecule has 0 aliphatic carbocycles. The smallest absolute Gasteiger partial charge is 0.321 e. The van der Waals surface area contributed by atoms with Gasteiger partial charge in [0.1, 0.15) is 10.9 Å². The lowest BCUT2D eigenvalue weighted by atomic mass is 10.4.